The van der Waals surface area contributed by atoms with Crippen molar-refractivity contribution in [3.63, 3.8) is 0 Å². The van der Waals surface area contributed by atoms with Crippen molar-refractivity contribution in [3.8, 4) is 0 Å². The second kappa shape index (κ2) is 9.87. The minimum absolute atomic E-state index is 0.0614. The van der Waals surface area contributed by atoms with Crippen molar-refractivity contribution in [1.29, 1.82) is 0 Å². The quantitative estimate of drug-likeness (QED) is 0.418. The smallest absolute Gasteiger partial charge is 0.307 e. The molecule has 0 unspecified atom stereocenters. The monoisotopic (exact) mass is 389 g/mol. The number of halogens is 1. The van der Waals surface area contributed by atoms with E-state index in [4.69, 9.17) is 4.74 Å². The normalized spacial score (nSPS) is 11.5. The van der Waals surface area contributed by atoms with Gasteiger partial charge in [0.2, 0.25) is 0 Å². The third-order valence-electron chi connectivity index (χ3n) is 3.62. The van der Waals surface area contributed by atoms with Crippen molar-refractivity contribution in [2.75, 3.05) is 11.1 Å². The van der Waals surface area contributed by atoms with Gasteiger partial charge >= 0.3 is 5.97 Å². The zero-order chi connectivity index (χ0) is 19.8. The van der Waals surface area contributed by atoms with E-state index in [0.29, 0.717) is 17.0 Å². The first kappa shape index (κ1) is 20.6. The Kier molecular flexibility index (Phi) is 7.55. The van der Waals surface area contributed by atoms with Crippen LogP contribution >= 0.6 is 11.8 Å². The number of carbonyl (C=O) groups excluding carboxylic acids is 3. The summed E-state index contributed by atoms with van der Waals surface area (Å²) >= 11 is 1.40. The highest BCUT2D eigenvalue weighted by molar-refractivity contribution is 7.99. The van der Waals surface area contributed by atoms with Crippen LogP contribution in [0.5, 0.6) is 0 Å². The van der Waals surface area contributed by atoms with Gasteiger partial charge in [-0.3, -0.25) is 14.4 Å². The Morgan fingerprint density at radius 1 is 1.07 bits per heavy atom. The topological polar surface area (TPSA) is 72.5 Å². The molecule has 2 rings (SSSR count). The van der Waals surface area contributed by atoms with Gasteiger partial charge in [0.05, 0.1) is 6.42 Å². The summed E-state index contributed by atoms with van der Waals surface area (Å²) < 4.78 is 18.0. The Hall–Kier alpha value is -2.67. The molecule has 0 fully saturated rings. The van der Waals surface area contributed by atoms with E-state index in [1.807, 2.05) is 0 Å². The summed E-state index contributed by atoms with van der Waals surface area (Å²) in [6.07, 6.45) is -0.812. The van der Waals surface area contributed by atoms with E-state index in [0.717, 1.165) is 4.90 Å². The van der Waals surface area contributed by atoms with Crippen LogP contribution in [0.1, 0.15) is 30.6 Å². The molecule has 2 aromatic rings. The molecule has 1 N–H and O–H groups in total. The number of benzene rings is 2. The number of ketones is 1. The summed E-state index contributed by atoms with van der Waals surface area (Å²) in [5.74, 6) is -0.849. The van der Waals surface area contributed by atoms with Crippen LogP contribution in [0.3, 0.4) is 0 Å². The van der Waals surface area contributed by atoms with Gasteiger partial charge in [-0.25, -0.2) is 4.39 Å². The standard InChI is InChI=1S/C20H20FNO4S/c1-13(23)15-3-7-17(8-4-15)22-20(25)14(2)26-19(24)11-12-27-18-9-5-16(21)6-10-18/h3-10,14H,11-12H2,1-2H3,(H,22,25)/t14-/m0/s1. The number of esters is 1. The molecule has 0 aliphatic rings. The molecule has 0 saturated heterocycles. The Bertz CT molecular complexity index is 806. The van der Waals surface area contributed by atoms with Crippen molar-refractivity contribution >= 4 is 35.1 Å². The average molecular weight is 389 g/mol. The van der Waals surface area contributed by atoms with Crippen LogP contribution < -0.4 is 5.32 Å². The number of ether oxygens (including phenoxy) is 1. The largest absolute Gasteiger partial charge is 0.453 e. The van der Waals surface area contributed by atoms with Gasteiger partial charge in [0.25, 0.3) is 5.91 Å². The number of amides is 1. The lowest BCUT2D eigenvalue weighted by Gasteiger charge is -2.13. The van der Waals surface area contributed by atoms with E-state index in [1.54, 1.807) is 36.4 Å². The van der Waals surface area contributed by atoms with E-state index in [-0.39, 0.29) is 18.0 Å². The Morgan fingerprint density at radius 2 is 1.70 bits per heavy atom. The highest BCUT2D eigenvalue weighted by atomic mass is 32.2. The number of carbonyl (C=O) groups is 3. The molecular weight excluding hydrogens is 369 g/mol. The molecular formula is C20H20FNO4S. The molecule has 0 aliphatic heterocycles. The summed E-state index contributed by atoms with van der Waals surface area (Å²) in [6.45, 7) is 2.95. The van der Waals surface area contributed by atoms with Crippen LogP contribution in [0.4, 0.5) is 10.1 Å². The molecule has 1 atom stereocenters. The molecule has 0 heterocycles. The summed E-state index contributed by atoms with van der Waals surface area (Å²) in [5.41, 5.74) is 1.06. The van der Waals surface area contributed by atoms with Gasteiger partial charge in [0, 0.05) is 21.9 Å². The fourth-order valence-electron chi connectivity index (χ4n) is 2.12. The van der Waals surface area contributed by atoms with Gasteiger partial charge < -0.3 is 10.1 Å². The molecule has 0 aliphatic carbocycles. The summed E-state index contributed by atoms with van der Waals surface area (Å²) in [7, 11) is 0. The highest BCUT2D eigenvalue weighted by Crippen LogP contribution is 2.19. The van der Waals surface area contributed by atoms with Crippen LogP contribution in [-0.2, 0) is 14.3 Å². The molecule has 0 bridgehead atoms. The minimum Gasteiger partial charge on any atom is -0.453 e. The molecule has 2 aromatic carbocycles. The number of hydrogen-bond acceptors (Lipinski definition) is 5. The molecule has 5 nitrogen and oxygen atoms in total. The second-order valence-corrected chi connectivity index (χ2v) is 6.98. The van der Waals surface area contributed by atoms with Gasteiger partial charge in [-0.1, -0.05) is 0 Å². The lowest BCUT2D eigenvalue weighted by atomic mass is 10.1. The lowest BCUT2D eigenvalue weighted by molar-refractivity contribution is -0.152. The predicted octanol–water partition coefficient (Wildman–Crippen LogP) is 4.08. The molecule has 0 aromatic heterocycles. The molecule has 1 amide bonds. The minimum atomic E-state index is -0.944. The highest BCUT2D eigenvalue weighted by Gasteiger charge is 2.18. The van der Waals surface area contributed by atoms with Gasteiger partial charge in [0.1, 0.15) is 5.82 Å². The van der Waals surface area contributed by atoms with E-state index in [9.17, 15) is 18.8 Å². The number of nitrogens with one attached hydrogen (secondary N) is 1. The van der Waals surface area contributed by atoms with Crippen LogP contribution in [0, 0.1) is 5.82 Å². The fourth-order valence-corrected chi connectivity index (χ4v) is 2.96. The Morgan fingerprint density at radius 3 is 2.30 bits per heavy atom. The number of hydrogen-bond donors (Lipinski definition) is 1. The van der Waals surface area contributed by atoms with Crippen molar-refractivity contribution in [3.05, 3.63) is 59.9 Å². The summed E-state index contributed by atoms with van der Waals surface area (Å²) in [4.78, 5) is 36.0. The van der Waals surface area contributed by atoms with E-state index in [2.05, 4.69) is 5.32 Å². The van der Waals surface area contributed by atoms with Gasteiger partial charge in [-0.15, -0.1) is 11.8 Å². The summed E-state index contributed by atoms with van der Waals surface area (Å²) in [6, 6.07) is 12.4. The average Bonchev–Trinajstić information content (AvgIpc) is 2.63. The molecule has 0 radical (unpaired) electrons. The molecule has 27 heavy (non-hydrogen) atoms. The van der Waals surface area contributed by atoms with Crippen LogP contribution in [0.25, 0.3) is 0 Å². The predicted molar refractivity (Wildman–Crippen MR) is 102 cm³/mol. The number of Topliss-reactive ketones (excluding diaryl/α,β-unsaturated/α-hetero) is 1. The van der Waals surface area contributed by atoms with Crippen molar-refractivity contribution < 1.29 is 23.5 Å². The third kappa shape index (κ3) is 6.86. The van der Waals surface area contributed by atoms with Crippen molar-refractivity contribution in [2.24, 2.45) is 0 Å². The van der Waals surface area contributed by atoms with Crippen molar-refractivity contribution in [1.82, 2.24) is 0 Å². The second-order valence-electron chi connectivity index (χ2n) is 5.81. The van der Waals surface area contributed by atoms with Crippen LogP contribution in [0.15, 0.2) is 53.4 Å². The maximum absolute atomic E-state index is 12.8. The molecule has 7 heteroatoms. The summed E-state index contributed by atoms with van der Waals surface area (Å²) in [5, 5.41) is 2.63. The zero-order valence-corrected chi connectivity index (χ0v) is 15.8. The number of anilines is 1. The molecule has 142 valence electrons. The van der Waals surface area contributed by atoms with Gasteiger partial charge in [-0.2, -0.15) is 0 Å². The maximum atomic E-state index is 12.8. The first-order chi connectivity index (χ1) is 12.8. The molecule has 0 spiro atoms. The van der Waals surface area contributed by atoms with Gasteiger partial charge in [-0.05, 0) is 62.4 Å². The maximum Gasteiger partial charge on any atom is 0.307 e. The Balaban J connectivity index is 1.75. The SMILES string of the molecule is CC(=O)c1ccc(NC(=O)[C@H](C)OC(=O)CCSc2ccc(F)cc2)cc1. The number of thioether (sulfide) groups is 1. The fraction of sp³-hybridized carbons (Fsp3) is 0.250. The lowest BCUT2D eigenvalue weighted by Crippen LogP contribution is -2.30. The van der Waals surface area contributed by atoms with Crippen LogP contribution in [-0.4, -0.2) is 29.5 Å². The number of rotatable bonds is 8. The van der Waals surface area contributed by atoms with Crippen molar-refractivity contribution in [2.45, 2.75) is 31.3 Å². The first-order valence-corrected chi connectivity index (χ1v) is 9.33. The first-order valence-electron chi connectivity index (χ1n) is 8.35. The van der Waals surface area contributed by atoms with E-state index >= 15 is 0 Å². The Labute approximate surface area is 161 Å². The van der Waals surface area contributed by atoms with Gasteiger partial charge in [0.15, 0.2) is 11.9 Å². The third-order valence-corrected chi connectivity index (χ3v) is 4.64. The van der Waals surface area contributed by atoms with Crippen LogP contribution in [0.2, 0.25) is 0 Å². The molecule has 0 saturated carbocycles. The van der Waals surface area contributed by atoms with E-state index < -0.39 is 18.0 Å². The van der Waals surface area contributed by atoms with E-state index in [1.165, 1.54) is 37.7 Å². The zero-order valence-electron chi connectivity index (χ0n) is 15.0.